The molecular formula is C13H24N6. The highest BCUT2D eigenvalue weighted by Gasteiger charge is 2.10. The van der Waals surface area contributed by atoms with Gasteiger partial charge in [-0.3, -0.25) is 0 Å². The number of nitrogens with one attached hydrogen (secondary N) is 2. The van der Waals surface area contributed by atoms with E-state index >= 15 is 0 Å². The van der Waals surface area contributed by atoms with Crippen molar-refractivity contribution in [3.63, 3.8) is 0 Å². The van der Waals surface area contributed by atoms with E-state index in [1.54, 1.807) is 0 Å². The SMILES string of the molecule is CCCc1nc(NN)cc(NCCN2CCCC2)n1. The second-order valence-corrected chi connectivity index (χ2v) is 4.92. The fourth-order valence-electron chi connectivity index (χ4n) is 2.35. The van der Waals surface area contributed by atoms with Crippen LogP contribution in [0.4, 0.5) is 11.6 Å². The van der Waals surface area contributed by atoms with Crippen molar-refractivity contribution in [1.82, 2.24) is 14.9 Å². The maximum atomic E-state index is 5.44. The van der Waals surface area contributed by atoms with Gasteiger partial charge in [-0.2, -0.15) is 0 Å². The number of nitrogens with two attached hydrogens (primary N) is 1. The zero-order valence-corrected chi connectivity index (χ0v) is 11.7. The van der Waals surface area contributed by atoms with E-state index in [1.807, 2.05) is 6.07 Å². The Morgan fingerprint density at radius 2 is 2.00 bits per heavy atom. The number of aromatic nitrogens is 2. The first-order valence-corrected chi connectivity index (χ1v) is 7.12. The van der Waals surface area contributed by atoms with E-state index in [0.717, 1.165) is 37.6 Å². The van der Waals surface area contributed by atoms with Crippen molar-refractivity contribution in [2.75, 3.05) is 36.9 Å². The number of hydrogen-bond donors (Lipinski definition) is 3. The molecule has 4 N–H and O–H groups in total. The number of anilines is 2. The number of aryl methyl sites for hydroxylation is 1. The number of likely N-dealkylation sites (tertiary alicyclic amines) is 1. The molecule has 2 rings (SSSR count). The van der Waals surface area contributed by atoms with Gasteiger partial charge in [0.15, 0.2) is 0 Å². The van der Waals surface area contributed by atoms with Crippen LogP contribution in [0.15, 0.2) is 6.07 Å². The standard InChI is InChI=1S/C13H24N6/c1-2-5-11-16-12(10-13(17-11)18-14)15-6-9-19-7-3-4-8-19/h10H,2-9,14H2,1H3,(H2,15,16,17,18). The monoisotopic (exact) mass is 264 g/mol. The highest BCUT2D eigenvalue weighted by molar-refractivity contribution is 5.46. The molecule has 1 fully saturated rings. The fourth-order valence-corrected chi connectivity index (χ4v) is 2.35. The summed E-state index contributed by atoms with van der Waals surface area (Å²) in [6, 6.07) is 1.85. The molecule has 6 nitrogen and oxygen atoms in total. The summed E-state index contributed by atoms with van der Waals surface area (Å²) in [6.45, 7) is 6.54. The van der Waals surface area contributed by atoms with E-state index in [1.165, 1.54) is 25.9 Å². The van der Waals surface area contributed by atoms with E-state index in [4.69, 9.17) is 5.84 Å². The topological polar surface area (TPSA) is 79.1 Å². The Morgan fingerprint density at radius 1 is 1.26 bits per heavy atom. The van der Waals surface area contributed by atoms with Crippen LogP contribution in [0.3, 0.4) is 0 Å². The van der Waals surface area contributed by atoms with E-state index in [9.17, 15) is 0 Å². The molecule has 0 saturated carbocycles. The van der Waals surface area contributed by atoms with Gasteiger partial charge in [-0.05, 0) is 32.4 Å². The van der Waals surface area contributed by atoms with Crippen LogP contribution in [-0.4, -0.2) is 41.0 Å². The van der Waals surface area contributed by atoms with Crippen molar-refractivity contribution in [2.24, 2.45) is 5.84 Å². The Hall–Kier alpha value is -1.40. The molecule has 1 saturated heterocycles. The zero-order valence-electron chi connectivity index (χ0n) is 11.7. The van der Waals surface area contributed by atoms with Crippen molar-refractivity contribution in [1.29, 1.82) is 0 Å². The number of nitrogen functional groups attached to an aromatic ring is 1. The lowest BCUT2D eigenvalue weighted by Crippen LogP contribution is -2.26. The van der Waals surface area contributed by atoms with Gasteiger partial charge in [0.1, 0.15) is 17.5 Å². The minimum Gasteiger partial charge on any atom is -0.369 e. The van der Waals surface area contributed by atoms with E-state index in [-0.39, 0.29) is 0 Å². The molecule has 0 spiro atoms. The van der Waals surface area contributed by atoms with Gasteiger partial charge in [-0.1, -0.05) is 6.92 Å². The van der Waals surface area contributed by atoms with Gasteiger partial charge in [0.05, 0.1) is 0 Å². The van der Waals surface area contributed by atoms with E-state index < -0.39 is 0 Å². The van der Waals surface area contributed by atoms with Crippen molar-refractivity contribution < 1.29 is 0 Å². The molecule has 1 aliphatic heterocycles. The third kappa shape index (κ3) is 4.33. The molecule has 0 atom stereocenters. The normalized spacial score (nSPS) is 15.7. The zero-order chi connectivity index (χ0) is 13.5. The molecule has 1 aromatic rings. The predicted molar refractivity (Wildman–Crippen MR) is 78.0 cm³/mol. The number of hydrazine groups is 1. The van der Waals surface area contributed by atoms with Crippen LogP contribution >= 0.6 is 0 Å². The molecule has 0 bridgehead atoms. The molecule has 19 heavy (non-hydrogen) atoms. The Bertz CT molecular complexity index is 389. The molecular weight excluding hydrogens is 240 g/mol. The van der Waals surface area contributed by atoms with Crippen LogP contribution in [0, 0.1) is 0 Å². The largest absolute Gasteiger partial charge is 0.369 e. The third-order valence-electron chi connectivity index (χ3n) is 3.33. The lowest BCUT2D eigenvalue weighted by molar-refractivity contribution is 0.352. The molecule has 0 aromatic carbocycles. The van der Waals surface area contributed by atoms with Gasteiger partial charge >= 0.3 is 0 Å². The smallest absolute Gasteiger partial charge is 0.145 e. The van der Waals surface area contributed by atoms with Gasteiger partial charge in [-0.25, -0.2) is 15.8 Å². The first-order valence-electron chi connectivity index (χ1n) is 7.12. The van der Waals surface area contributed by atoms with Crippen LogP contribution in [0.25, 0.3) is 0 Å². The summed E-state index contributed by atoms with van der Waals surface area (Å²) in [7, 11) is 0. The van der Waals surface area contributed by atoms with Gasteiger partial charge in [0.2, 0.25) is 0 Å². The Labute approximate surface area is 114 Å². The third-order valence-corrected chi connectivity index (χ3v) is 3.33. The first kappa shape index (κ1) is 14.0. The summed E-state index contributed by atoms with van der Waals surface area (Å²) in [6.07, 6.45) is 4.56. The van der Waals surface area contributed by atoms with Crippen LogP contribution in [0.1, 0.15) is 32.0 Å². The lowest BCUT2D eigenvalue weighted by atomic mass is 10.3. The van der Waals surface area contributed by atoms with E-state index in [0.29, 0.717) is 5.82 Å². The first-order chi connectivity index (χ1) is 9.31. The Kier molecular flexibility index (Phi) is 5.35. The lowest BCUT2D eigenvalue weighted by Gasteiger charge is -2.15. The van der Waals surface area contributed by atoms with Crippen LogP contribution in [-0.2, 0) is 6.42 Å². The summed E-state index contributed by atoms with van der Waals surface area (Å²) in [5.74, 6) is 7.79. The average Bonchev–Trinajstić information content (AvgIpc) is 2.92. The van der Waals surface area contributed by atoms with Gasteiger partial charge in [-0.15, -0.1) is 0 Å². The average molecular weight is 264 g/mol. The number of rotatable bonds is 7. The second-order valence-electron chi connectivity index (χ2n) is 4.92. The van der Waals surface area contributed by atoms with Gasteiger partial charge in [0.25, 0.3) is 0 Å². The minimum atomic E-state index is 0.669. The van der Waals surface area contributed by atoms with Crippen molar-refractivity contribution in [3.05, 3.63) is 11.9 Å². The summed E-state index contributed by atoms with van der Waals surface area (Å²) >= 11 is 0. The molecule has 0 aliphatic carbocycles. The summed E-state index contributed by atoms with van der Waals surface area (Å²) in [5.41, 5.74) is 2.60. The summed E-state index contributed by atoms with van der Waals surface area (Å²) in [5, 5.41) is 3.36. The number of nitrogens with zero attached hydrogens (tertiary/aromatic N) is 3. The maximum absolute atomic E-state index is 5.44. The Balaban J connectivity index is 1.88. The predicted octanol–water partition coefficient (Wildman–Crippen LogP) is 1.22. The summed E-state index contributed by atoms with van der Waals surface area (Å²) < 4.78 is 0. The maximum Gasteiger partial charge on any atom is 0.145 e. The molecule has 0 radical (unpaired) electrons. The fraction of sp³-hybridized carbons (Fsp3) is 0.692. The quantitative estimate of drug-likeness (QED) is 0.508. The molecule has 1 aromatic heterocycles. The Morgan fingerprint density at radius 3 is 2.68 bits per heavy atom. The van der Waals surface area contributed by atoms with E-state index in [2.05, 4.69) is 32.5 Å². The number of hydrogen-bond acceptors (Lipinski definition) is 6. The summed E-state index contributed by atoms with van der Waals surface area (Å²) in [4.78, 5) is 11.3. The van der Waals surface area contributed by atoms with Gasteiger partial charge < -0.3 is 15.6 Å². The van der Waals surface area contributed by atoms with Crippen molar-refractivity contribution in [2.45, 2.75) is 32.6 Å². The molecule has 0 amide bonds. The highest BCUT2D eigenvalue weighted by atomic mass is 15.3. The molecule has 2 heterocycles. The molecule has 1 aliphatic rings. The molecule has 0 unspecified atom stereocenters. The van der Waals surface area contributed by atoms with Crippen LogP contribution in [0.2, 0.25) is 0 Å². The van der Waals surface area contributed by atoms with Crippen molar-refractivity contribution >= 4 is 11.6 Å². The van der Waals surface area contributed by atoms with Crippen LogP contribution < -0.4 is 16.6 Å². The molecule has 6 heteroatoms. The molecule has 106 valence electrons. The minimum absolute atomic E-state index is 0.669. The van der Waals surface area contributed by atoms with Crippen molar-refractivity contribution in [3.8, 4) is 0 Å². The highest BCUT2D eigenvalue weighted by Crippen LogP contribution is 2.12. The van der Waals surface area contributed by atoms with Gasteiger partial charge in [0, 0.05) is 25.6 Å². The van der Waals surface area contributed by atoms with Crippen LogP contribution in [0.5, 0.6) is 0 Å². The second kappa shape index (κ2) is 7.25.